The lowest BCUT2D eigenvalue weighted by Crippen LogP contribution is -2.51. The Hall–Kier alpha value is -2.52. The van der Waals surface area contributed by atoms with Crippen molar-refractivity contribution in [1.82, 2.24) is 15.2 Å². The number of nitrogens with zero attached hydrogens (tertiary/aromatic N) is 2. The Morgan fingerprint density at radius 2 is 1.90 bits per heavy atom. The van der Waals surface area contributed by atoms with Gasteiger partial charge in [0.05, 0.1) is 15.6 Å². The van der Waals surface area contributed by atoms with Crippen molar-refractivity contribution < 1.29 is 27.9 Å². The van der Waals surface area contributed by atoms with Crippen LogP contribution in [0.2, 0.25) is 10.0 Å². The van der Waals surface area contributed by atoms with Crippen molar-refractivity contribution in [3.8, 4) is 0 Å². The highest BCUT2D eigenvalue weighted by molar-refractivity contribution is 6.42. The molecule has 0 bridgehead atoms. The summed E-state index contributed by atoms with van der Waals surface area (Å²) >= 11 is 12.0. The van der Waals surface area contributed by atoms with Crippen LogP contribution in [0.15, 0.2) is 36.5 Å². The van der Waals surface area contributed by atoms with E-state index in [2.05, 4.69) is 10.3 Å². The molecular weight excluding hydrogens is 446 g/mol. The fraction of sp³-hybridized carbons (Fsp3) is 0.316. The van der Waals surface area contributed by atoms with Crippen LogP contribution >= 0.6 is 23.2 Å². The molecule has 1 fully saturated rings. The molecule has 2 heterocycles. The van der Waals surface area contributed by atoms with Gasteiger partial charge in [-0.3, -0.25) is 9.78 Å². The first kappa shape index (κ1) is 22.2. The highest BCUT2D eigenvalue weighted by Crippen LogP contribution is 2.32. The number of hydrogen-bond donors (Lipinski definition) is 2. The smallest absolute Gasteiger partial charge is 0.417 e. The van der Waals surface area contributed by atoms with Crippen molar-refractivity contribution >= 4 is 35.2 Å². The molecule has 160 valence electrons. The van der Waals surface area contributed by atoms with E-state index < -0.39 is 35.7 Å². The number of nitrogens with one attached hydrogen (secondary N) is 1. The van der Waals surface area contributed by atoms with Crippen LogP contribution in [0.3, 0.4) is 0 Å². The van der Waals surface area contributed by atoms with Gasteiger partial charge in [0.25, 0.3) is 5.91 Å². The Morgan fingerprint density at radius 3 is 2.47 bits per heavy atom. The van der Waals surface area contributed by atoms with Crippen molar-refractivity contribution in [2.24, 2.45) is 0 Å². The van der Waals surface area contributed by atoms with Gasteiger partial charge in [0.2, 0.25) is 0 Å². The zero-order valence-corrected chi connectivity index (χ0v) is 16.8. The van der Waals surface area contributed by atoms with Gasteiger partial charge in [0.15, 0.2) is 0 Å². The molecule has 1 saturated heterocycles. The van der Waals surface area contributed by atoms with Crippen LogP contribution in [0, 0.1) is 0 Å². The average Bonchev–Trinajstić information content (AvgIpc) is 2.69. The number of hydrogen-bond acceptors (Lipinski definition) is 3. The number of piperidine rings is 1. The molecule has 1 aromatic heterocycles. The Kier molecular flexibility index (Phi) is 6.42. The predicted molar refractivity (Wildman–Crippen MR) is 104 cm³/mol. The van der Waals surface area contributed by atoms with Gasteiger partial charge in [-0.15, -0.1) is 0 Å². The SMILES string of the molecule is O=C(N[C@@H]1CCN(C(=O)O)C[C@H]1c1ccc(Cl)c(Cl)c1)c1ccc(C(F)(F)F)cn1. The van der Waals surface area contributed by atoms with Crippen molar-refractivity contribution in [3.05, 3.63) is 63.4 Å². The highest BCUT2D eigenvalue weighted by Gasteiger charge is 2.35. The fourth-order valence-corrected chi connectivity index (χ4v) is 3.62. The molecular formula is C19H16Cl2F3N3O3. The lowest BCUT2D eigenvalue weighted by Gasteiger charge is -2.38. The summed E-state index contributed by atoms with van der Waals surface area (Å²) in [6.45, 7) is 0.303. The molecule has 1 aliphatic heterocycles. The summed E-state index contributed by atoms with van der Waals surface area (Å²) in [5, 5.41) is 12.7. The molecule has 30 heavy (non-hydrogen) atoms. The molecule has 1 aromatic carbocycles. The van der Waals surface area contributed by atoms with Gasteiger partial charge in [-0.05, 0) is 36.2 Å². The number of benzene rings is 1. The van der Waals surface area contributed by atoms with E-state index in [0.717, 1.165) is 12.1 Å². The average molecular weight is 462 g/mol. The van der Waals surface area contributed by atoms with Crippen LogP contribution < -0.4 is 5.32 Å². The second-order valence-corrected chi connectivity index (χ2v) is 7.62. The summed E-state index contributed by atoms with van der Waals surface area (Å²) in [5.74, 6) is -1.08. The minimum atomic E-state index is -4.55. The molecule has 0 radical (unpaired) electrons. The number of amides is 2. The standard InChI is InChI=1S/C19H16Cl2F3N3O3/c20-13-3-1-10(7-14(13)21)12-9-27(18(29)30)6-5-15(12)26-17(28)16-4-2-11(8-25-16)19(22,23)24/h1-4,7-8,12,15H,5-6,9H2,(H,26,28)(H,29,30)/t12-,15+/m0/s1. The van der Waals surface area contributed by atoms with Crippen LogP contribution in [0.1, 0.15) is 34.0 Å². The van der Waals surface area contributed by atoms with Crippen LogP contribution in [0.4, 0.5) is 18.0 Å². The number of likely N-dealkylation sites (tertiary alicyclic amines) is 1. The summed E-state index contributed by atoms with van der Waals surface area (Å²) in [6.07, 6.45) is -4.73. The van der Waals surface area contributed by atoms with E-state index in [-0.39, 0.29) is 23.8 Å². The van der Waals surface area contributed by atoms with Gasteiger partial charge in [0, 0.05) is 31.2 Å². The van der Waals surface area contributed by atoms with Gasteiger partial charge >= 0.3 is 12.3 Å². The zero-order valence-electron chi connectivity index (χ0n) is 15.3. The minimum absolute atomic E-state index is 0.110. The Bertz CT molecular complexity index is 954. The first-order valence-corrected chi connectivity index (χ1v) is 9.59. The van der Waals surface area contributed by atoms with E-state index in [9.17, 15) is 27.9 Å². The van der Waals surface area contributed by atoms with E-state index in [1.807, 2.05) is 0 Å². The molecule has 2 aromatic rings. The number of halogens is 5. The molecule has 6 nitrogen and oxygen atoms in total. The molecule has 0 unspecified atom stereocenters. The molecule has 0 spiro atoms. The van der Waals surface area contributed by atoms with E-state index in [1.165, 1.54) is 4.90 Å². The van der Waals surface area contributed by atoms with Gasteiger partial charge in [-0.1, -0.05) is 29.3 Å². The summed E-state index contributed by atoms with van der Waals surface area (Å²) in [7, 11) is 0. The summed E-state index contributed by atoms with van der Waals surface area (Å²) < 4.78 is 38.0. The monoisotopic (exact) mass is 461 g/mol. The largest absolute Gasteiger partial charge is 0.465 e. The van der Waals surface area contributed by atoms with Crippen LogP contribution in [-0.4, -0.2) is 46.1 Å². The maximum Gasteiger partial charge on any atom is 0.417 e. The second-order valence-electron chi connectivity index (χ2n) is 6.81. The lowest BCUT2D eigenvalue weighted by atomic mass is 9.86. The summed E-state index contributed by atoms with van der Waals surface area (Å²) in [6, 6.07) is 6.18. The number of carbonyl (C=O) groups excluding carboxylic acids is 1. The molecule has 11 heteroatoms. The van der Waals surface area contributed by atoms with E-state index in [4.69, 9.17) is 23.2 Å². The summed E-state index contributed by atoms with van der Waals surface area (Å²) in [4.78, 5) is 28.8. The third-order valence-electron chi connectivity index (χ3n) is 4.90. The third-order valence-corrected chi connectivity index (χ3v) is 5.63. The van der Waals surface area contributed by atoms with Crippen LogP contribution in [0.5, 0.6) is 0 Å². The van der Waals surface area contributed by atoms with Crippen molar-refractivity contribution in [3.63, 3.8) is 0 Å². The molecule has 1 aliphatic rings. The van der Waals surface area contributed by atoms with Crippen LogP contribution in [-0.2, 0) is 6.18 Å². The Morgan fingerprint density at radius 1 is 1.17 bits per heavy atom. The number of carboxylic acid groups (broad SMARTS) is 1. The number of aromatic nitrogens is 1. The normalized spacial score (nSPS) is 19.4. The maximum atomic E-state index is 12.7. The quantitative estimate of drug-likeness (QED) is 0.695. The first-order valence-electron chi connectivity index (χ1n) is 8.83. The third kappa shape index (κ3) is 4.96. The molecule has 3 rings (SSSR count). The molecule has 2 atom stereocenters. The number of rotatable bonds is 3. The summed E-state index contributed by atoms with van der Waals surface area (Å²) in [5.41, 5.74) is -0.444. The molecule has 2 N–H and O–H groups in total. The predicted octanol–water partition coefficient (Wildman–Crippen LogP) is 4.67. The van der Waals surface area contributed by atoms with Gasteiger partial charge in [-0.2, -0.15) is 13.2 Å². The lowest BCUT2D eigenvalue weighted by molar-refractivity contribution is -0.137. The van der Waals surface area contributed by atoms with E-state index in [1.54, 1.807) is 18.2 Å². The van der Waals surface area contributed by atoms with Crippen molar-refractivity contribution in [2.75, 3.05) is 13.1 Å². The highest BCUT2D eigenvalue weighted by atomic mass is 35.5. The van der Waals surface area contributed by atoms with Crippen molar-refractivity contribution in [2.45, 2.75) is 24.6 Å². The van der Waals surface area contributed by atoms with Gasteiger partial charge in [-0.25, -0.2) is 4.79 Å². The first-order chi connectivity index (χ1) is 14.1. The van der Waals surface area contributed by atoms with Crippen LogP contribution in [0.25, 0.3) is 0 Å². The van der Waals surface area contributed by atoms with E-state index in [0.29, 0.717) is 23.2 Å². The Balaban J connectivity index is 1.82. The number of alkyl halides is 3. The Labute approximate surface area is 179 Å². The maximum absolute atomic E-state index is 12.7. The second kappa shape index (κ2) is 8.69. The number of pyridine rings is 1. The zero-order chi connectivity index (χ0) is 22.1. The fourth-order valence-electron chi connectivity index (χ4n) is 3.32. The molecule has 0 aliphatic carbocycles. The molecule has 0 saturated carbocycles. The molecule has 2 amide bonds. The van der Waals surface area contributed by atoms with Gasteiger partial charge < -0.3 is 15.3 Å². The number of carbonyl (C=O) groups is 2. The van der Waals surface area contributed by atoms with Crippen molar-refractivity contribution in [1.29, 1.82) is 0 Å². The minimum Gasteiger partial charge on any atom is -0.465 e. The van der Waals surface area contributed by atoms with E-state index >= 15 is 0 Å². The topological polar surface area (TPSA) is 82.5 Å². The van der Waals surface area contributed by atoms with Gasteiger partial charge in [0.1, 0.15) is 5.69 Å².